The monoisotopic (exact) mass is 375 g/mol. The number of ether oxygens (including phenoxy) is 1. The molecule has 1 rings (SSSR count). The van der Waals surface area contributed by atoms with Gasteiger partial charge in [0.05, 0.1) is 32.0 Å². The Labute approximate surface area is 148 Å². The summed E-state index contributed by atoms with van der Waals surface area (Å²) in [4.78, 5) is 11.6. The number of amides is 1. The Morgan fingerprint density at radius 3 is 2.12 bits per heavy atom. The van der Waals surface area contributed by atoms with Crippen LogP contribution in [0.3, 0.4) is 0 Å². The second kappa shape index (κ2) is 10.4. The van der Waals surface area contributed by atoms with E-state index in [0.717, 1.165) is 0 Å². The van der Waals surface area contributed by atoms with Gasteiger partial charge >= 0.3 is 13.9 Å². The van der Waals surface area contributed by atoms with Gasteiger partial charge in [0.1, 0.15) is 5.75 Å². The van der Waals surface area contributed by atoms with E-state index in [4.69, 9.17) is 18.3 Å². The fourth-order valence-corrected chi connectivity index (χ4v) is 3.25. The lowest BCUT2D eigenvalue weighted by molar-refractivity contribution is 0.116. The maximum absolute atomic E-state index is 12.3. The van der Waals surface area contributed by atoms with E-state index in [0.29, 0.717) is 5.56 Å². The van der Waals surface area contributed by atoms with Gasteiger partial charge in [-0.25, -0.2) is 9.36 Å². The molecule has 0 aliphatic carbocycles. The largest absolute Gasteiger partial charge is 0.530 e. The van der Waals surface area contributed by atoms with E-state index in [1.54, 1.807) is 52.0 Å². The molecule has 0 fully saturated rings. The topological polar surface area (TPSA) is 103 Å². The number of alkyl carbamates (subject to hydrolysis) is 1. The molecule has 1 aromatic carbocycles. The van der Waals surface area contributed by atoms with Crippen LogP contribution in [0.1, 0.15) is 39.3 Å². The molecule has 0 aliphatic heterocycles. The van der Waals surface area contributed by atoms with Gasteiger partial charge in [-0.1, -0.05) is 12.1 Å². The molecule has 1 amide bonds. The molecule has 1 unspecified atom stereocenters. The van der Waals surface area contributed by atoms with E-state index in [1.807, 2.05) is 0 Å². The van der Waals surface area contributed by atoms with Crippen LogP contribution < -0.4 is 9.84 Å². The minimum Gasteiger partial charge on any atom is -0.450 e. The van der Waals surface area contributed by atoms with Gasteiger partial charge in [0.15, 0.2) is 0 Å². The smallest absolute Gasteiger partial charge is 0.450 e. The van der Waals surface area contributed by atoms with Crippen molar-refractivity contribution in [2.75, 3.05) is 19.8 Å². The van der Waals surface area contributed by atoms with Gasteiger partial charge in [0.25, 0.3) is 0 Å². The molecule has 0 bridgehead atoms. The zero-order valence-electron chi connectivity index (χ0n) is 14.9. The van der Waals surface area contributed by atoms with Crippen LogP contribution in [-0.2, 0) is 18.3 Å². The van der Waals surface area contributed by atoms with Crippen molar-refractivity contribution in [1.29, 1.82) is 0 Å². The predicted molar refractivity (Wildman–Crippen MR) is 92.5 cm³/mol. The summed E-state index contributed by atoms with van der Waals surface area (Å²) >= 11 is 0. The standard InChI is InChI=1S/C16H26NO7P/c1-5-21-16(19)17-15(12(4)18)13-8-10-14(11-9-13)24-25(20,22-6-2)23-7-3/h8-12,15,18H,5-7H2,1-4H3,(H,17,19)/t12-,15?/m1/s1. The SMILES string of the molecule is CCOC(=O)NC(c1ccc(OP(=O)(OCC)OCC)cc1)[C@@H](C)O. The molecule has 9 heteroatoms. The Morgan fingerprint density at radius 1 is 1.12 bits per heavy atom. The summed E-state index contributed by atoms with van der Waals surface area (Å²) in [5.41, 5.74) is 0.637. The van der Waals surface area contributed by atoms with Crippen LogP contribution >= 0.6 is 7.82 Å². The van der Waals surface area contributed by atoms with Crippen molar-refractivity contribution < 1.29 is 32.8 Å². The van der Waals surface area contributed by atoms with Crippen LogP contribution in [0.5, 0.6) is 5.75 Å². The first-order valence-corrected chi connectivity index (χ1v) is 9.61. The molecule has 1 aromatic rings. The van der Waals surface area contributed by atoms with Gasteiger partial charge in [-0.05, 0) is 45.4 Å². The summed E-state index contributed by atoms with van der Waals surface area (Å²) in [7, 11) is -3.67. The first kappa shape index (κ1) is 21.4. The van der Waals surface area contributed by atoms with Crippen LogP contribution in [0.2, 0.25) is 0 Å². The summed E-state index contributed by atoms with van der Waals surface area (Å²) in [5, 5.41) is 12.5. The number of aliphatic hydroxyl groups excluding tert-OH is 1. The molecule has 8 nitrogen and oxygen atoms in total. The van der Waals surface area contributed by atoms with Gasteiger partial charge in [-0.2, -0.15) is 0 Å². The number of phosphoric ester groups is 1. The van der Waals surface area contributed by atoms with E-state index < -0.39 is 26.1 Å². The Bertz CT molecular complexity index is 566. The molecule has 0 radical (unpaired) electrons. The van der Waals surface area contributed by atoms with Crippen molar-refractivity contribution in [3.63, 3.8) is 0 Å². The van der Waals surface area contributed by atoms with E-state index in [2.05, 4.69) is 5.32 Å². The lowest BCUT2D eigenvalue weighted by atomic mass is 10.0. The number of hydrogen-bond acceptors (Lipinski definition) is 7. The molecule has 25 heavy (non-hydrogen) atoms. The molecule has 0 saturated carbocycles. The fourth-order valence-electron chi connectivity index (χ4n) is 2.05. The minimum atomic E-state index is -3.67. The molecule has 142 valence electrons. The maximum atomic E-state index is 12.3. The van der Waals surface area contributed by atoms with Gasteiger partial charge < -0.3 is 19.7 Å². The number of nitrogens with one attached hydrogen (secondary N) is 1. The molecule has 0 aliphatic rings. The van der Waals surface area contributed by atoms with Crippen LogP contribution in [0.25, 0.3) is 0 Å². The van der Waals surface area contributed by atoms with Crippen LogP contribution in [0, 0.1) is 0 Å². The molecule has 0 spiro atoms. The zero-order chi connectivity index (χ0) is 18.9. The summed E-state index contributed by atoms with van der Waals surface area (Å²) in [6, 6.07) is 5.74. The van der Waals surface area contributed by atoms with Crippen molar-refractivity contribution in [3.05, 3.63) is 29.8 Å². The number of carbonyl (C=O) groups is 1. The minimum absolute atomic E-state index is 0.183. The summed E-state index contributed by atoms with van der Waals surface area (Å²) < 4.78 is 32.6. The van der Waals surface area contributed by atoms with Crippen molar-refractivity contribution >= 4 is 13.9 Å². The Morgan fingerprint density at radius 2 is 1.68 bits per heavy atom. The lowest BCUT2D eigenvalue weighted by Crippen LogP contribution is -2.35. The van der Waals surface area contributed by atoms with Crippen molar-refractivity contribution in [1.82, 2.24) is 5.32 Å². The van der Waals surface area contributed by atoms with Crippen LogP contribution in [-0.4, -0.2) is 37.1 Å². The Hall–Kier alpha value is -1.60. The Kier molecular flexibility index (Phi) is 8.92. The highest BCUT2D eigenvalue weighted by Crippen LogP contribution is 2.49. The van der Waals surface area contributed by atoms with Gasteiger partial charge in [0, 0.05) is 0 Å². The molecule has 0 heterocycles. The molecule has 0 aromatic heterocycles. The van der Waals surface area contributed by atoms with Crippen LogP contribution in [0.4, 0.5) is 4.79 Å². The number of hydrogen-bond donors (Lipinski definition) is 2. The van der Waals surface area contributed by atoms with E-state index in [-0.39, 0.29) is 25.6 Å². The number of benzene rings is 1. The number of phosphoric acid groups is 1. The second-order valence-electron chi connectivity index (χ2n) is 5.03. The summed E-state index contributed by atoms with van der Waals surface area (Å²) in [6.07, 6.45) is -1.46. The third kappa shape index (κ3) is 7.04. The Balaban J connectivity index is 2.88. The number of rotatable bonds is 10. The fraction of sp³-hybridized carbons (Fsp3) is 0.562. The van der Waals surface area contributed by atoms with E-state index >= 15 is 0 Å². The normalized spacial score (nSPS) is 13.8. The molecule has 0 saturated heterocycles. The molecular weight excluding hydrogens is 349 g/mol. The number of carbonyl (C=O) groups excluding carboxylic acids is 1. The molecule has 2 N–H and O–H groups in total. The third-order valence-electron chi connectivity index (χ3n) is 3.06. The van der Waals surface area contributed by atoms with Crippen molar-refractivity contribution in [3.8, 4) is 5.75 Å². The summed E-state index contributed by atoms with van der Waals surface area (Å²) in [5.74, 6) is 0.287. The second-order valence-corrected chi connectivity index (χ2v) is 6.62. The van der Waals surface area contributed by atoms with E-state index in [9.17, 15) is 14.5 Å². The summed E-state index contributed by atoms with van der Waals surface area (Å²) in [6.45, 7) is 7.22. The average molecular weight is 375 g/mol. The first-order valence-electron chi connectivity index (χ1n) is 8.15. The maximum Gasteiger partial charge on any atom is 0.530 e. The van der Waals surface area contributed by atoms with Crippen LogP contribution in [0.15, 0.2) is 24.3 Å². The average Bonchev–Trinajstić information content (AvgIpc) is 2.54. The highest BCUT2D eigenvalue weighted by molar-refractivity contribution is 7.48. The first-order chi connectivity index (χ1) is 11.8. The van der Waals surface area contributed by atoms with Crippen molar-refractivity contribution in [2.24, 2.45) is 0 Å². The third-order valence-corrected chi connectivity index (χ3v) is 4.65. The predicted octanol–water partition coefficient (Wildman–Crippen LogP) is 3.41. The molecule has 2 atom stereocenters. The zero-order valence-corrected chi connectivity index (χ0v) is 15.8. The molecular formula is C16H26NO7P. The number of aliphatic hydroxyl groups is 1. The van der Waals surface area contributed by atoms with Gasteiger partial charge in [-0.15, -0.1) is 0 Å². The van der Waals surface area contributed by atoms with E-state index in [1.165, 1.54) is 0 Å². The lowest BCUT2D eigenvalue weighted by Gasteiger charge is -2.22. The highest BCUT2D eigenvalue weighted by Gasteiger charge is 2.27. The highest BCUT2D eigenvalue weighted by atomic mass is 31.2. The van der Waals surface area contributed by atoms with Crippen molar-refractivity contribution in [2.45, 2.75) is 39.8 Å². The van der Waals surface area contributed by atoms with Gasteiger partial charge in [0.2, 0.25) is 0 Å². The quantitative estimate of drug-likeness (QED) is 0.604. The van der Waals surface area contributed by atoms with Gasteiger partial charge in [-0.3, -0.25) is 9.05 Å².